The molecule has 0 radical (unpaired) electrons. The van der Waals surface area contributed by atoms with Crippen LogP contribution in [0.25, 0.3) is 0 Å². The van der Waals surface area contributed by atoms with Gasteiger partial charge in [0.15, 0.2) is 0 Å². The Kier molecular flexibility index (Phi) is 3.25. The fourth-order valence-corrected chi connectivity index (χ4v) is 1.55. The Hall–Kier alpha value is -1.77. The third-order valence-corrected chi connectivity index (χ3v) is 2.50. The Morgan fingerprint density at radius 3 is 2.69 bits per heavy atom. The molecule has 1 amide bonds. The molecule has 0 bridgehead atoms. The van der Waals surface area contributed by atoms with Crippen LogP contribution in [-0.2, 0) is 0 Å². The molecule has 0 unspecified atom stereocenters. The zero-order valence-corrected chi connectivity index (χ0v) is 9.13. The summed E-state index contributed by atoms with van der Waals surface area (Å²) in [6.07, 6.45) is 3.58. The number of benzene rings is 1. The molecule has 0 spiro atoms. The molecule has 2 rings (SSSR count). The Balaban J connectivity index is 1.97. The number of nitrogens with zero attached hydrogens (tertiary/aromatic N) is 1. The first-order valence-corrected chi connectivity index (χ1v) is 5.45. The molecule has 1 aromatic carbocycles. The van der Waals surface area contributed by atoms with Crippen LogP contribution in [0.15, 0.2) is 43.0 Å². The standard InChI is InChI=1S/C13H15NO2/c1-2-10-14(11-8-9-11)13(15)16-12-6-4-3-5-7-12/h2-7,11H,1,8-10H2. The average Bonchev–Trinajstić information content (AvgIpc) is 3.11. The molecule has 1 saturated carbocycles. The first kappa shape index (κ1) is 10.7. The maximum atomic E-state index is 11.8. The second kappa shape index (κ2) is 4.84. The van der Waals surface area contributed by atoms with E-state index in [2.05, 4.69) is 6.58 Å². The quantitative estimate of drug-likeness (QED) is 0.726. The van der Waals surface area contributed by atoms with E-state index in [0.717, 1.165) is 12.8 Å². The molecular formula is C13H15NO2. The van der Waals surface area contributed by atoms with E-state index in [-0.39, 0.29) is 6.09 Å². The molecule has 0 aromatic heterocycles. The first-order valence-electron chi connectivity index (χ1n) is 5.45. The first-order chi connectivity index (χ1) is 7.81. The number of carbonyl (C=O) groups is 1. The van der Waals surface area contributed by atoms with Gasteiger partial charge in [0.25, 0.3) is 0 Å². The molecule has 0 atom stereocenters. The molecule has 0 N–H and O–H groups in total. The summed E-state index contributed by atoms with van der Waals surface area (Å²) >= 11 is 0. The largest absolute Gasteiger partial charge is 0.415 e. The number of carbonyl (C=O) groups excluding carboxylic acids is 1. The summed E-state index contributed by atoms with van der Waals surface area (Å²) in [5, 5.41) is 0. The van der Waals surface area contributed by atoms with Crippen LogP contribution >= 0.6 is 0 Å². The molecule has 1 aliphatic rings. The van der Waals surface area contributed by atoms with Gasteiger partial charge >= 0.3 is 6.09 Å². The van der Waals surface area contributed by atoms with E-state index < -0.39 is 0 Å². The highest BCUT2D eigenvalue weighted by atomic mass is 16.6. The zero-order valence-electron chi connectivity index (χ0n) is 9.13. The van der Waals surface area contributed by atoms with Gasteiger partial charge in [-0.2, -0.15) is 0 Å². The van der Waals surface area contributed by atoms with Crippen molar-refractivity contribution >= 4 is 6.09 Å². The summed E-state index contributed by atoms with van der Waals surface area (Å²) in [4.78, 5) is 13.6. The number of hydrogen-bond donors (Lipinski definition) is 0. The van der Waals surface area contributed by atoms with E-state index >= 15 is 0 Å². The zero-order chi connectivity index (χ0) is 11.4. The third-order valence-electron chi connectivity index (χ3n) is 2.50. The van der Waals surface area contributed by atoms with Gasteiger partial charge in [-0.05, 0) is 25.0 Å². The van der Waals surface area contributed by atoms with E-state index in [9.17, 15) is 4.79 Å². The van der Waals surface area contributed by atoms with E-state index in [1.807, 2.05) is 18.2 Å². The fraction of sp³-hybridized carbons (Fsp3) is 0.308. The van der Waals surface area contributed by atoms with Gasteiger partial charge in [-0.1, -0.05) is 24.3 Å². The van der Waals surface area contributed by atoms with Crippen LogP contribution in [0.3, 0.4) is 0 Å². The van der Waals surface area contributed by atoms with Crippen LogP contribution < -0.4 is 4.74 Å². The Morgan fingerprint density at radius 1 is 1.44 bits per heavy atom. The Bertz CT molecular complexity index is 371. The fourth-order valence-electron chi connectivity index (χ4n) is 1.55. The minimum absolute atomic E-state index is 0.284. The lowest BCUT2D eigenvalue weighted by molar-refractivity contribution is 0.154. The second-order valence-electron chi connectivity index (χ2n) is 3.85. The van der Waals surface area contributed by atoms with Crippen molar-refractivity contribution < 1.29 is 9.53 Å². The van der Waals surface area contributed by atoms with Gasteiger partial charge < -0.3 is 9.64 Å². The molecule has 1 aromatic rings. The van der Waals surface area contributed by atoms with E-state index in [1.54, 1.807) is 23.1 Å². The SMILES string of the molecule is C=CCN(C(=O)Oc1ccccc1)C1CC1. The lowest BCUT2D eigenvalue weighted by Gasteiger charge is -2.19. The van der Waals surface area contributed by atoms with Gasteiger partial charge in [0, 0.05) is 12.6 Å². The molecule has 0 heterocycles. The number of rotatable bonds is 4. The highest BCUT2D eigenvalue weighted by Gasteiger charge is 2.32. The van der Waals surface area contributed by atoms with Gasteiger partial charge in [-0.25, -0.2) is 4.79 Å². The van der Waals surface area contributed by atoms with Crippen molar-refractivity contribution in [2.24, 2.45) is 0 Å². The van der Waals surface area contributed by atoms with Gasteiger partial charge in [-0.15, -0.1) is 6.58 Å². The van der Waals surface area contributed by atoms with Crippen molar-refractivity contribution in [1.82, 2.24) is 4.90 Å². The predicted octanol–water partition coefficient (Wildman–Crippen LogP) is 2.84. The maximum absolute atomic E-state index is 11.8. The van der Waals surface area contributed by atoms with Crippen LogP contribution in [0, 0.1) is 0 Å². The summed E-state index contributed by atoms with van der Waals surface area (Å²) in [6.45, 7) is 4.20. The van der Waals surface area contributed by atoms with Gasteiger partial charge in [0.1, 0.15) is 5.75 Å². The van der Waals surface area contributed by atoms with Crippen molar-refractivity contribution in [3.05, 3.63) is 43.0 Å². The minimum atomic E-state index is -0.284. The summed E-state index contributed by atoms with van der Waals surface area (Å²) in [5.74, 6) is 0.585. The molecular weight excluding hydrogens is 202 g/mol. The van der Waals surface area contributed by atoms with Crippen molar-refractivity contribution in [2.75, 3.05) is 6.54 Å². The van der Waals surface area contributed by atoms with Crippen molar-refractivity contribution in [3.8, 4) is 5.75 Å². The van der Waals surface area contributed by atoms with Crippen molar-refractivity contribution in [3.63, 3.8) is 0 Å². The summed E-state index contributed by atoms with van der Waals surface area (Å²) in [6, 6.07) is 9.47. The number of ether oxygens (including phenoxy) is 1. The highest BCUT2D eigenvalue weighted by molar-refractivity contribution is 5.71. The van der Waals surface area contributed by atoms with Crippen LogP contribution in [-0.4, -0.2) is 23.6 Å². The monoisotopic (exact) mass is 217 g/mol. The van der Waals surface area contributed by atoms with Crippen LogP contribution in [0.1, 0.15) is 12.8 Å². The van der Waals surface area contributed by atoms with E-state index in [0.29, 0.717) is 18.3 Å². The number of para-hydroxylation sites is 1. The van der Waals surface area contributed by atoms with E-state index in [4.69, 9.17) is 4.74 Å². The summed E-state index contributed by atoms with van der Waals surface area (Å²) in [5.41, 5.74) is 0. The van der Waals surface area contributed by atoms with Crippen LogP contribution in [0.5, 0.6) is 5.75 Å². The molecule has 16 heavy (non-hydrogen) atoms. The molecule has 84 valence electrons. The maximum Gasteiger partial charge on any atom is 0.415 e. The highest BCUT2D eigenvalue weighted by Crippen LogP contribution is 2.27. The number of hydrogen-bond acceptors (Lipinski definition) is 2. The van der Waals surface area contributed by atoms with E-state index in [1.165, 1.54) is 0 Å². The molecule has 0 saturated heterocycles. The summed E-state index contributed by atoms with van der Waals surface area (Å²) < 4.78 is 5.27. The molecule has 1 aliphatic carbocycles. The lowest BCUT2D eigenvalue weighted by atomic mass is 10.3. The lowest BCUT2D eigenvalue weighted by Crippen LogP contribution is -2.35. The van der Waals surface area contributed by atoms with Gasteiger partial charge in [-0.3, -0.25) is 0 Å². The van der Waals surface area contributed by atoms with Crippen LogP contribution in [0.4, 0.5) is 4.79 Å². The van der Waals surface area contributed by atoms with Crippen molar-refractivity contribution in [1.29, 1.82) is 0 Å². The average molecular weight is 217 g/mol. The molecule has 0 aliphatic heterocycles. The van der Waals surface area contributed by atoms with Crippen LogP contribution in [0.2, 0.25) is 0 Å². The molecule has 3 heteroatoms. The topological polar surface area (TPSA) is 29.5 Å². The molecule has 3 nitrogen and oxygen atoms in total. The second-order valence-corrected chi connectivity index (χ2v) is 3.85. The minimum Gasteiger partial charge on any atom is -0.410 e. The van der Waals surface area contributed by atoms with Gasteiger partial charge in [0.2, 0.25) is 0 Å². The Labute approximate surface area is 95.3 Å². The molecule has 1 fully saturated rings. The summed E-state index contributed by atoms with van der Waals surface area (Å²) in [7, 11) is 0. The smallest absolute Gasteiger partial charge is 0.410 e. The number of amides is 1. The normalized spacial score (nSPS) is 14.2. The third kappa shape index (κ3) is 2.63. The predicted molar refractivity (Wildman–Crippen MR) is 62.4 cm³/mol. The Morgan fingerprint density at radius 2 is 2.12 bits per heavy atom. The van der Waals surface area contributed by atoms with Gasteiger partial charge in [0.05, 0.1) is 0 Å². The van der Waals surface area contributed by atoms with Crippen molar-refractivity contribution in [2.45, 2.75) is 18.9 Å².